The molecule has 0 aliphatic heterocycles. The molecule has 2 aromatic carbocycles. The Labute approximate surface area is 151 Å². The molecule has 1 amide bonds. The maximum Gasteiger partial charge on any atom is 0.246 e. The molecule has 0 atom stereocenters. The quantitative estimate of drug-likeness (QED) is 0.733. The first-order valence-electron chi connectivity index (χ1n) is 7.90. The van der Waals surface area contributed by atoms with E-state index in [1.54, 1.807) is 19.1 Å². The maximum atomic E-state index is 12.4. The number of anilines is 1. The molecule has 0 saturated carbocycles. The van der Waals surface area contributed by atoms with Crippen LogP contribution in [0.3, 0.4) is 0 Å². The van der Waals surface area contributed by atoms with Crippen molar-refractivity contribution in [1.82, 2.24) is 19.3 Å². The van der Waals surface area contributed by atoms with Gasteiger partial charge in [-0.15, -0.1) is 5.10 Å². The Hall–Kier alpha value is -2.78. The van der Waals surface area contributed by atoms with Gasteiger partial charge in [0, 0.05) is 19.8 Å². The number of fused-ring (bicyclic) bond motifs is 1. The van der Waals surface area contributed by atoms with Crippen LogP contribution < -0.4 is 5.32 Å². The minimum absolute atomic E-state index is 0.0237. The van der Waals surface area contributed by atoms with Crippen LogP contribution in [0.5, 0.6) is 0 Å². The summed E-state index contributed by atoms with van der Waals surface area (Å²) in [6, 6.07) is 12.1. The van der Waals surface area contributed by atoms with E-state index in [4.69, 9.17) is 0 Å². The molecule has 0 radical (unpaired) electrons. The third-order valence-corrected chi connectivity index (χ3v) is 5.90. The summed E-state index contributed by atoms with van der Waals surface area (Å²) in [7, 11) is -0.654. The molecule has 0 fully saturated rings. The van der Waals surface area contributed by atoms with E-state index in [0.29, 0.717) is 16.8 Å². The highest BCUT2D eigenvalue weighted by atomic mass is 32.2. The number of aryl methyl sites for hydroxylation is 1. The van der Waals surface area contributed by atoms with E-state index in [2.05, 4.69) is 15.6 Å². The van der Waals surface area contributed by atoms with Gasteiger partial charge in [-0.05, 0) is 36.8 Å². The molecule has 1 heterocycles. The second-order valence-electron chi connectivity index (χ2n) is 6.05. The van der Waals surface area contributed by atoms with Gasteiger partial charge < -0.3 is 5.32 Å². The summed E-state index contributed by atoms with van der Waals surface area (Å²) in [5.74, 6) is -0.322. The Balaban J connectivity index is 1.82. The van der Waals surface area contributed by atoms with Crippen molar-refractivity contribution in [1.29, 1.82) is 0 Å². The molecular weight excluding hydrogens is 354 g/mol. The largest absolute Gasteiger partial charge is 0.324 e. The lowest BCUT2D eigenvalue weighted by atomic mass is 10.2. The number of rotatable bonds is 5. The van der Waals surface area contributed by atoms with Gasteiger partial charge in [-0.3, -0.25) is 4.79 Å². The zero-order valence-electron chi connectivity index (χ0n) is 14.7. The van der Waals surface area contributed by atoms with Crippen LogP contribution >= 0.6 is 0 Å². The van der Waals surface area contributed by atoms with Crippen molar-refractivity contribution in [2.75, 3.05) is 19.4 Å². The molecular formula is C17H19N5O3S. The Kier molecular flexibility index (Phi) is 4.75. The van der Waals surface area contributed by atoms with Gasteiger partial charge >= 0.3 is 0 Å². The van der Waals surface area contributed by atoms with Crippen molar-refractivity contribution >= 4 is 32.7 Å². The summed E-state index contributed by atoms with van der Waals surface area (Å²) in [6.45, 7) is 1.69. The molecule has 0 spiro atoms. The minimum Gasteiger partial charge on any atom is -0.324 e. The van der Waals surface area contributed by atoms with Crippen LogP contribution in [0.25, 0.3) is 11.0 Å². The topological polar surface area (TPSA) is 97.2 Å². The molecule has 26 heavy (non-hydrogen) atoms. The number of sulfonamides is 1. The van der Waals surface area contributed by atoms with Gasteiger partial charge in [-0.2, -0.15) is 0 Å². The monoisotopic (exact) mass is 373 g/mol. The molecule has 0 saturated heterocycles. The Bertz CT molecular complexity index is 1070. The fourth-order valence-corrected chi connectivity index (χ4v) is 3.67. The predicted molar refractivity (Wildman–Crippen MR) is 98.2 cm³/mol. The zero-order chi connectivity index (χ0) is 18.9. The lowest BCUT2D eigenvalue weighted by molar-refractivity contribution is -0.116. The van der Waals surface area contributed by atoms with Crippen LogP contribution in [0.15, 0.2) is 47.4 Å². The molecule has 1 N–H and O–H groups in total. The van der Waals surface area contributed by atoms with Gasteiger partial charge in [0.15, 0.2) is 0 Å². The standard InChI is InChI=1S/C17H19N5O3S/c1-12-8-9-13(10-16(12)26(24,25)21(2)3)18-17(23)11-22-15-7-5-4-6-14(15)19-20-22/h4-10H,11H2,1-3H3,(H,18,23). The number of carbonyl (C=O) groups excluding carboxylic acids is 1. The van der Waals surface area contributed by atoms with Gasteiger partial charge in [0.1, 0.15) is 12.1 Å². The van der Waals surface area contributed by atoms with E-state index in [0.717, 1.165) is 9.82 Å². The van der Waals surface area contributed by atoms with Crippen molar-refractivity contribution in [3.63, 3.8) is 0 Å². The molecule has 3 rings (SSSR count). The first-order chi connectivity index (χ1) is 12.3. The first-order valence-corrected chi connectivity index (χ1v) is 9.34. The number of benzene rings is 2. The van der Waals surface area contributed by atoms with Crippen LogP contribution in [0, 0.1) is 6.92 Å². The van der Waals surface area contributed by atoms with Gasteiger partial charge in [0.25, 0.3) is 0 Å². The van der Waals surface area contributed by atoms with E-state index < -0.39 is 10.0 Å². The van der Waals surface area contributed by atoms with E-state index in [-0.39, 0.29) is 17.3 Å². The molecule has 0 aliphatic carbocycles. The van der Waals surface area contributed by atoms with Crippen LogP contribution in [0.2, 0.25) is 0 Å². The summed E-state index contributed by atoms with van der Waals surface area (Å²) in [5, 5.41) is 10.7. The van der Waals surface area contributed by atoms with Crippen LogP contribution in [-0.4, -0.2) is 47.7 Å². The number of aromatic nitrogens is 3. The van der Waals surface area contributed by atoms with Crippen molar-refractivity contribution in [3.8, 4) is 0 Å². The lowest BCUT2D eigenvalue weighted by Gasteiger charge is -2.15. The highest BCUT2D eigenvalue weighted by Gasteiger charge is 2.20. The molecule has 8 nitrogen and oxygen atoms in total. The number of nitrogens with one attached hydrogen (secondary N) is 1. The fraction of sp³-hybridized carbons (Fsp3) is 0.235. The number of para-hydroxylation sites is 1. The number of hydrogen-bond donors (Lipinski definition) is 1. The SMILES string of the molecule is Cc1ccc(NC(=O)Cn2nnc3ccccc32)cc1S(=O)(=O)N(C)C. The summed E-state index contributed by atoms with van der Waals surface area (Å²) >= 11 is 0. The summed E-state index contributed by atoms with van der Waals surface area (Å²) < 4.78 is 27.4. The Morgan fingerprint density at radius 2 is 1.92 bits per heavy atom. The zero-order valence-corrected chi connectivity index (χ0v) is 15.5. The Morgan fingerprint density at radius 3 is 2.65 bits per heavy atom. The van der Waals surface area contributed by atoms with Crippen LogP contribution in [0.4, 0.5) is 5.69 Å². The van der Waals surface area contributed by atoms with Gasteiger partial charge in [0.2, 0.25) is 15.9 Å². The molecule has 0 bridgehead atoms. The van der Waals surface area contributed by atoms with Gasteiger partial charge in [-0.1, -0.05) is 23.4 Å². The van der Waals surface area contributed by atoms with Crippen LogP contribution in [-0.2, 0) is 21.4 Å². The number of hydrogen-bond acceptors (Lipinski definition) is 5. The van der Waals surface area contributed by atoms with E-state index in [1.165, 1.54) is 24.8 Å². The van der Waals surface area contributed by atoms with Crippen molar-refractivity contribution in [3.05, 3.63) is 48.0 Å². The fourth-order valence-electron chi connectivity index (χ4n) is 2.52. The number of nitrogens with zero attached hydrogens (tertiary/aromatic N) is 4. The van der Waals surface area contributed by atoms with Crippen molar-refractivity contribution in [2.24, 2.45) is 0 Å². The molecule has 9 heteroatoms. The molecule has 0 aliphatic rings. The smallest absolute Gasteiger partial charge is 0.246 e. The molecule has 1 aromatic heterocycles. The van der Waals surface area contributed by atoms with E-state index in [1.807, 2.05) is 24.3 Å². The van der Waals surface area contributed by atoms with Crippen molar-refractivity contribution < 1.29 is 13.2 Å². The molecule has 0 unspecified atom stereocenters. The summed E-state index contributed by atoms with van der Waals surface area (Å²) in [5.41, 5.74) is 2.47. The van der Waals surface area contributed by atoms with E-state index in [9.17, 15) is 13.2 Å². The van der Waals surface area contributed by atoms with E-state index >= 15 is 0 Å². The third kappa shape index (κ3) is 3.44. The highest BCUT2D eigenvalue weighted by molar-refractivity contribution is 7.89. The average molecular weight is 373 g/mol. The molecule has 136 valence electrons. The lowest BCUT2D eigenvalue weighted by Crippen LogP contribution is -2.24. The third-order valence-electron chi connectivity index (χ3n) is 3.94. The maximum absolute atomic E-state index is 12.4. The summed E-state index contributed by atoms with van der Waals surface area (Å²) in [4.78, 5) is 12.5. The number of carbonyl (C=O) groups is 1. The minimum atomic E-state index is -3.59. The average Bonchev–Trinajstić information content (AvgIpc) is 2.99. The first kappa shape index (κ1) is 18.0. The summed E-state index contributed by atoms with van der Waals surface area (Å²) in [6.07, 6.45) is 0. The Morgan fingerprint density at radius 1 is 1.19 bits per heavy atom. The second kappa shape index (κ2) is 6.85. The van der Waals surface area contributed by atoms with Crippen LogP contribution in [0.1, 0.15) is 5.56 Å². The number of amides is 1. The van der Waals surface area contributed by atoms with Gasteiger partial charge in [-0.25, -0.2) is 17.4 Å². The molecule has 3 aromatic rings. The normalized spacial score (nSPS) is 11.8. The van der Waals surface area contributed by atoms with Gasteiger partial charge in [0.05, 0.1) is 10.4 Å². The predicted octanol–water partition coefficient (Wildman–Crippen LogP) is 1.63. The second-order valence-corrected chi connectivity index (χ2v) is 8.17. The van der Waals surface area contributed by atoms with Crippen molar-refractivity contribution in [2.45, 2.75) is 18.4 Å². The highest BCUT2D eigenvalue weighted by Crippen LogP contribution is 2.22.